The van der Waals surface area contributed by atoms with Crippen LogP contribution in [-0.4, -0.2) is 40.6 Å². The number of nitrogens with one attached hydrogen (secondary N) is 2. The quantitative estimate of drug-likeness (QED) is 0.555. The minimum absolute atomic E-state index is 0.0212. The highest BCUT2D eigenvalue weighted by Crippen LogP contribution is 2.30. The van der Waals surface area contributed by atoms with Crippen LogP contribution in [0.5, 0.6) is 11.5 Å². The lowest BCUT2D eigenvalue weighted by Gasteiger charge is -2.25. The van der Waals surface area contributed by atoms with Gasteiger partial charge in [-0.25, -0.2) is 4.98 Å². The largest absolute Gasteiger partial charge is 0.485 e. The van der Waals surface area contributed by atoms with Crippen molar-refractivity contribution in [3.05, 3.63) is 48.3 Å². The zero-order chi connectivity index (χ0) is 22.7. The van der Waals surface area contributed by atoms with Crippen molar-refractivity contribution in [1.29, 1.82) is 0 Å². The summed E-state index contributed by atoms with van der Waals surface area (Å²) in [6.45, 7) is 4.43. The Morgan fingerprint density at radius 1 is 1.19 bits per heavy atom. The van der Waals surface area contributed by atoms with Gasteiger partial charge in [-0.2, -0.15) is 0 Å². The molecule has 2 N–H and O–H groups in total. The summed E-state index contributed by atoms with van der Waals surface area (Å²) in [5.74, 6) is 1.88. The van der Waals surface area contributed by atoms with Gasteiger partial charge >= 0.3 is 0 Å². The number of benzene rings is 2. The molecular formula is C24H28N4O4. The molecule has 0 fully saturated rings. The first kappa shape index (κ1) is 21.7. The Morgan fingerprint density at radius 3 is 2.75 bits per heavy atom. The summed E-state index contributed by atoms with van der Waals surface area (Å²) in [6, 6.07) is 13.1. The lowest BCUT2D eigenvalue weighted by atomic mass is 10.2. The normalized spacial score (nSPS) is 15.1. The molecule has 2 amide bonds. The van der Waals surface area contributed by atoms with Crippen LogP contribution in [0, 0.1) is 5.92 Å². The molecule has 2 heterocycles. The molecule has 0 saturated heterocycles. The number of anilines is 1. The summed E-state index contributed by atoms with van der Waals surface area (Å²) >= 11 is 0. The van der Waals surface area contributed by atoms with Gasteiger partial charge in [0.15, 0.2) is 11.5 Å². The van der Waals surface area contributed by atoms with E-state index in [9.17, 15) is 9.59 Å². The van der Waals surface area contributed by atoms with E-state index in [0.717, 1.165) is 29.0 Å². The molecule has 2 aromatic carbocycles. The van der Waals surface area contributed by atoms with Gasteiger partial charge in [0.1, 0.15) is 12.4 Å². The van der Waals surface area contributed by atoms with E-state index >= 15 is 0 Å². The van der Waals surface area contributed by atoms with Gasteiger partial charge in [-0.1, -0.05) is 26.0 Å². The fraction of sp³-hybridized carbons (Fsp3) is 0.375. The third-order valence-electron chi connectivity index (χ3n) is 5.44. The van der Waals surface area contributed by atoms with E-state index in [1.165, 1.54) is 0 Å². The molecule has 1 unspecified atom stereocenters. The van der Waals surface area contributed by atoms with E-state index in [1.807, 2.05) is 61.9 Å². The summed E-state index contributed by atoms with van der Waals surface area (Å²) in [4.78, 5) is 29.1. The van der Waals surface area contributed by atoms with E-state index in [1.54, 1.807) is 6.07 Å². The average molecular weight is 437 g/mol. The van der Waals surface area contributed by atoms with Crippen LogP contribution < -0.4 is 20.1 Å². The number of para-hydroxylation sites is 2. The fourth-order valence-electron chi connectivity index (χ4n) is 3.56. The maximum absolute atomic E-state index is 12.4. The number of nitrogens with zero attached hydrogens (tertiary/aromatic N) is 2. The molecule has 0 spiro atoms. The van der Waals surface area contributed by atoms with Gasteiger partial charge in [0.2, 0.25) is 12.0 Å². The number of hydrogen-bond acceptors (Lipinski definition) is 5. The van der Waals surface area contributed by atoms with Gasteiger partial charge < -0.3 is 24.7 Å². The Balaban J connectivity index is 1.30. The van der Waals surface area contributed by atoms with Gasteiger partial charge in [0, 0.05) is 31.6 Å². The van der Waals surface area contributed by atoms with Crippen LogP contribution in [0.15, 0.2) is 42.5 Å². The molecule has 1 aliphatic heterocycles. The minimum Gasteiger partial charge on any atom is -0.485 e. The average Bonchev–Trinajstić information content (AvgIpc) is 3.10. The van der Waals surface area contributed by atoms with Crippen LogP contribution in [0.3, 0.4) is 0 Å². The number of hydrogen-bond donors (Lipinski definition) is 2. The maximum atomic E-state index is 12.4. The molecule has 0 saturated carbocycles. The smallest absolute Gasteiger partial charge is 0.264 e. The highest BCUT2D eigenvalue weighted by Gasteiger charge is 2.26. The van der Waals surface area contributed by atoms with Crippen molar-refractivity contribution in [2.24, 2.45) is 13.0 Å². The van der Waals surface area contributed by atoms with Crippen molar-refractivity contribution in [2.75, 3.05) is 18.5 Å². The number of fused-ring (bicyclic) bond motifs is 2. The third-order valence-corrected chi connectivity index (χ3v) is 5.44. The summed E-state index contributed by atoms with van der Waals surface area (Å²) in [5.41, 5.74) is 2.57. The van der Waals surface area contributed by atoms with E-state index in [-0.39, 0.29) is 24.3 Å². The summed E-state index contributed by atoms with van der Waals surface area (Å²) in [5, 5.41) is 5.83. The van der Waals surface area contributed by atoms with Crippen molar-refractivity contribution in [2.45, 2.75) is 32.8 Å². The first-order chi connectivity index (χ1) is 15.4. The van der Waals surface area contributed by atoms with Crippen molar-refractivity contribution < 1.29 is 19.1 Å². The number of aromatic nitrogens is 2. The lowest BCUT2D eigenvalue weighted by molar-refractivity contribution is -0.130. The summed E-state index contributed by atoms with van der Waals surface area (Å²) in [7, 11) is 1.97. The molecule has 8 nitrogen and oxygen atoms in total. The molecule has 8 heteroatoms. The number of aryl methyl sites for hydroxylation is 2. The van der Waals surface area contributed by atoms with Crippen molar-refractivity contribution >= 4 is 28.5 Å². The lowest BCUT2D eigenvalue weighted by Crippen LogP contribution is -2.44. The zero-order valence-electron chi connectivity index (χ0n) is 18.6. The molecule has 1 aliphatic rings. The third kappa shape index (κ3) is 4.69. The van der Waals surface area contributed by atoms with Crippen molar-refractivity contribution in [3.8, 4) is 11.5 Å². The Kier molecular flexibility index (Phi) is 6.30. The molecule has 1 aromatic heterocycles. The molecule has 168 valence electrons. The molecule has 3 aromatic rings. The summed E-state index contributed by atoms with van der Waals surface area (Å²) < 4.78 is 13.4. The van der Waals surface area contributed by atoms with E-state index in [2.05, 4.69) is 10.6 Å². The predicted octanol–water partition coefficient (Wildman–Crippen LogP) is 3.06. The number of imidazole rings is 1. The number of amides is 2. The van der Waals surface area contributed by atoms with Crippen LogP contribution in [0.2, 0.25) is 0 Å². The number of ether oxygens (including phenoxy) is 2. The first-order valence-electron chi connectivity index (χ1n) is 10.8. The molecular weight excluding hydrogens is 408 g/mol. The van der Waals surface area contributed by atoms with Crippen LogP contribution >= 0.6 is 0 Å². The van der Waals surface area contributed by atoms with Crippen LogP contribution in [0.4, 0.5) is 5.69 Å². The van der Waals surface area contributed by atoms with Crippen LogP contribution in [0.1, 0.15) is 26.1 Å². The standard InChI is InChI=1S/C24H28N4O4/c1-15(2)23(29)26-16-10-11-18-17(13-16)27-22(28(18)3)9-6-12-25-24(30)21-14-31-19-7-4-5-8-20(19)32-21/h4-5,7-8,10-11,13,15,21H,6,9,12,14H2,1-3H3,(H,25,30)(H,26,29). The van der Waals surface area contributed by atoms with Gasteiger partial charge in [-0.15, -0.1) is 0 Å². The van der Waals surface area contributed by atoms with E-state index in [4.69, 9.17) is 14.5 Å². The number of carbonyl (C=O) groups excluding carboxylic acids is 2. The second kappa shape index (κ2) is 9.30. The van der Waals surface area contributed by atoms with Crippen molar-refractivity contribution in [3.63, 3.8) is 0 Å². The first-order valence-corrected chi connectivity index (χ1v) is 10.8. The molecule has 0 aliphatic carbocycles. The second-order valence-corrected chi connectivity index (χ2v) is 8.19. The van der Waals surface area contributed by atoms with Crippen molar-refractivity contribution in [1.82, 2.24) is 14.9 Å². The molecule has 1 atom stereocenters. The Morgan fingerprint density at radius 2 is 1.97 bits per heavy atom. The summed E-state index contributed by atoms with van der Waals surface area (Å²) in [6.07, 6.45) is 0.800. The highest BCUT2D eigenvalue weighted by molar-refractivity contribution is 5.94. The molecule has 4 rings (SSSR count). The van der Waals surface area contributed by atoms with Gasteiger partial charge in [0.25, 0.3) is 5.91 Å². The molecule has 32 heavy (non-hydrogen) atoms. The van der Waals surface area contributed by atoms with E-state index < -0.39 is 6.10 Å². The Labute approximate surface area is 186 Å². The van der Waals surface area contributed by atoms with Gasteiger partial charge in [-0.3, -0.25) is 9.59 Å². The van der Waals surface area contributed by atoms with Crippen LogP contribution in [-0.2, 0) is 23.1 Å². The second-order valence-electron chi connectivity index (χ2n) is 8.19. The van der Waals surface area contributed by atoms with Crippen LogP contribution in [0.25, 0.3) is 11.0 Å². The fourth-order valence-corrected chi connectivity index (χ4v) is 3.56. The Hall–Kier alpha value is -3.55. The Bertz CT molecular complexity index is 1140. The SMILES string of the molecule is CC(C)C(=O)Nc1ccc2c(c1)nc(CCCNC(=O)C1COc3ccccc3O1)n2C. The topological polar surface area (TPSA) is 94.5 Å². The minimum atomic E-state index is -0.653. The van der Waals surface area contributed by atoms with E-state index in [0.29, 0.717) is 24.5 Å². The molecule has 0 radical (unpaired) electrons. The monoisotopic (exact) mass is 436 g/mol. The van der Waals surface area contributed by atoms with Gasteiger partial charge in [-0.05, 0) is 36.8 Å². The number of rotatable bonds is 7. The van der Waals surface area contributed by atoms with Gasteiger partial charge in [0.05, 0.1) is 11.0 Å². The maximum Gasteiger partial charge on any atom is 0.264 e. The highest BCUT2D eigenvalue weighted by atomic mass is 16.6. The molecule has 0 bridgehead atoms. The predicted molar refractivity (Wildman–Crippen MR) is 122 cm³/mol. The number of carbonyl (C=O) groups is 2. The zero-order valence-corrected chi connectivity index (χ0v) is 18.6.